The lowest BCUT2D eigenvalue weighted by Gasteiger charge is -2.00. The molecule has 0 N–H and O–H groups in total. The van der Waals surface area contributed by atoms with Gasteiger partial charge in [-0.05, 0) is 18.2 Å². The Bertz CT molecular complexity index is 669. The molecular formula is C13H13BrN2OS. The molecule has 0 radical (unpaired) electrons. The van der Waals surface area contributed by atoms with E-state index in [1.807, 2.05) is 35.8 Å². The average molecular weight is 325 g/mol. The first-order valence-corrected chi connectivity index (χ1v) is 7.24. The van der Waals surface area contributed by atoms with Crippen molar-refractivity contribution in [3.8, 4) is 0 Å². The largest absolute Gasteiger partial charge is 0.313 e. The molecule has 0 fully saturated rings. The lowest BCUT2D eigenvalue weighted by molar-refractivity contribution is -0.117. The Kier molecular flexibility index (Phi) is 4.14. The molecule has 1 aromatic carbocycles. The van der Waals surface area contributed by atoms with Crippen molar-refractivity contribution in [3.05, 3.63) is 40.1 Å². The fourth-order valence-electron chi connectivity index (χ4n) is 1.62. The molecule has 0 saturated carbocycles. The molecule has 0 unspecified atom stereocenters. The van der Waals surface area contributed by atoms with Crippen molar-refractivity contribution in [1.82, 2.24) is 4.57 Å². The molecule has 18 heavy (non-hydrogen) atoms. The average Bonchev–Trinajstić information content (AvgIpc) is 2.67. The Morgan fingerprint density at radius 1 is 1.61 bits per heavy atom. The first-order valence-electron chi connectivity index (χ1n) is 5.63. The number of thiazole rings is 1. The Hall–Kier alpha value is -1.20. The standard InChI is InChI=1S/C13H13BrN2OS/c1-3-7-16-10-6-5-9(14)8-11(10)18-13(16)15-12(17)4-2/h3,5-6,8H,1,4,7H2,2H3. The van der Waals surface area contributed by atoms with Gasteiger partial charge in [0.05, 0.1) is 10.2 Å². The molecule has 2 rings (SSSR count). The topological polar surface area (TPSA) is 34.4 Å². The minimum atomic E-state index is -0.0987. The van der Waals surface area contributed by atoms with E-state index in [4.69, 9.17) is 0 Å². The van der Waals surface area contributed by atoms with Crippen LogP contribution in [-0.2, 0) is 11.3 Å². The molecule has 0 bridgehead atoms. The number of carbonyl (C=O) groups is 1. The summed E-state index contributed by atoms with van der Waals surface area (Å²) in [6.07, 6.45) is 2.23. The van der Waals surface area contributed by atoms with Crippen LogP contribution in [0.5, 0.6) is 0 Å². The van der Waals surface area contributed by atoms with Gasteiger partial charge < -0.3 is 4.57 Å². The van der Waals surface area contributed by atoms with Crippen LogP contribution in [0.25, 0.3) is 10.2 Å². The summed E-state index contributed by atoms with van der Waals surface area (Å²) in [5, 5.41) is 0. The van der Waals surface area contributed by atoms with Crippen molar-refractivity contribution in [1.29, 1.82) is 0 Å². The number of nitrogens with zero attached hydrogens (tertiary/aromatic N) is 2. The highest BCUT2D eigenvalue weighted by atomic mass is 79.9. The lowest BCUT2D eigenvalue weighted by atomic mass is 10.3. The van der Waals surface area contributed by atoms with Crippen molar-refractivity contribution in [2.45, 2.75) is 19.9 Å². The minimum Gasteiger partial charge on any atom is -0.313 e. The van der Waals surface area contributed by atoms with Gasteiger partial charge in [0.2, 0.25) is 5.91 Å². The third kappa shape index (κ3) is 2.62. The summed E-state index contributed by atoms with van der Waals surface area (Å²) in [5.41, 5.74) is 1.07. The molecule has 3 nitrogen and oxygen atoms in total. The van der Waals surface area contributed by atoms with Gasteiger partial charge in [0, 0.05) is 17.4 Å². The van der Waals surface area contributed by atoms with Gasteiger partial charge >= 0.3 is 0 Å². The molecule has 1 aromatic heterocycles. The van der Waals surface area contributed by atoms with Crippen LogP contribution in [0.4, 0.5) is 0 Å². The predicted molar refractivity (Wildman–Crippen MR) is 78.6 cm³/mol. The molecule has 94 valence electrons. The van der Waals surface area contributed by atoms with E-state index in [2.05, 4.69) is 27.5 Å². The van der Waals surface area contributed by atoms with E-state index < -0.39 is 0 Å². The molecule has 0 aliphatic rings. The van der Waals surface area contributed by atoms with Gasteiger partial charge in [0.25, 0.3) is 0 Å². The Labute approximate surface area is 118 Å². The van der Waals surface area contributed by atoms with E-state index in [-0.39, 0.29) is 5.91 Å². The van der Waals surface area contributed by atoms with Crippen molar-refractivity contribution < 1.29 is 4.79 Å². The van der Waals surface area contributed by atoms with Gasteiger partial charge in [-0.3, -0.25) is 4.79 Å². The number of halogens is 1. The number of allylic oxidation sites excluding steroid dienone is 1. The zero-order chi connectivity index (χ0) is 13.1. The predicted octanol–water partition coefficient (Wildman–Crippen LogP) is 3.49. The summed E-state index contributed by atoms with van der Waals surface area (Å²) >= 11 is 4.97. The fourth-order valence-corrected chi connectivity index (χ4v) is 3.23. The van der Waals surface area contributed by atoms with Gasteiger partial charge in [0.1, 0.15) is 0 Å². The molecule has 0 saturated heterocycles. The summed E-state index contributed by atoms with van der Waals surface area (Å²) in [6, 6.07) is 6.05. The van der Waals surface area contributed by atoms with Crippen LogP contribution in [0.3, 0.4) is 0 Å². The summed E-state index contributed by atoms with van der Waals surface area (Å²) in [7, 11) is 0. The van der Waals surface area contributed by atoms with Crippen LogP contribution in [0.1, 0.15) is 13.3 Å². The highest BCUT2D eigenvalue weighted by molar-refractivity contribution is 9.10. The minimum absolute atomic E-state index is 0.0987. The zero-order valence-electron chi connectivity index (χ0n) is 10.0. The molecule has 5 heteroatoms. The van der Waals surface area contributed by atoms with Crippen LogP contribution in [0, 0.1) is 0 Å². The van der Waals surface area contributed by atoms with Gasteiger partial charge in [-0.1, -0.05) is 40.3 Å². The molecule has 2 aromatic rings. The summed E-state index contributed by atoms with van der Waals surface area (Å²) in [5.74, 6) is -0.0987. The monoisotopic (exact) mass is 324 g/mol. The maximum Gasteiger partial charge on any atom is 0.248 e. The van der Waals surface area contributed by atoms with E-state index in [1.165, 1.54) is 11.3 Å². The number of amides is 1. The van der Waals surface area contributed by atoms with Gasteiger partial charge in [-0.15, -0.1) is 6.58 Å². The van der Waals surface area contributed by atoms with E-state index in [1.54, 1.807) is 0 Å². The normalized spacial score (nSPS) is 12.0. The number of hydrogen-bond donors (Lipinski definition) is 0. The summed E-state index contributed by atoms with van der Waals surface area (Å²) in [6.45, 7) is 6.21. The SMILES string of the molecule is C=CCn1c(=NC(=O)CC)sc2cc(Br)ccc21. The Morgan fingerprint density at radius 3 is 3.06 bits per heavy atom. The first kappa shape index (κ1) is 13.2. The van der Waals surface area contributed by atoms with Crippen LogP contribution in [0.15, 0.2) is 40.3 Å². The molecule has 0 aliphatic carbocycles. The molecule has 0 aliphatic heterocycles. The zero-order valence-corrected chi connectivity index (χ0v) is 12.4. The van der Waals surface area contributed by atoms with E-state index in [0.717, 1.165) is 19.5 Å². The van der Waals surface area contributed by atoms with Crippen LogP contribution < -0.4 is 4.80 Å². The van der Waals surface area contributed by atoms with Gasteiger partial charge in [-0.2, -0.15) is 4.99 Å². The number of carbonyl (C=O) groups excluding carboxylic acids is 1. The smallest absolute Gasteiger partial charge is 0.248 e. The molecular weight excluding hydrogens is 312 g/mol. The maximum absolute atomic E-state index is 11.5. The second-order valence-corrected chi connectivity index (χ2v) is 5.68. The van der Waals surface area contributed by atoms with Crippen molar-refractivity contribution >= 4 is 43.4 Å². The van der Waals surface area contributed by atoms with Crippen LogP contribution in [-0.4, -0.2) is 10.5 Å². The van der Waals surface area contributed by atoms with Gasteiger partial charge in [0.15, 0.2) is 4.80 Å². The first-order chi connectivity index (χ1) is 8.65. The third-order valence-corrected chi connectivity index (χ3v) is 4.01. The number of rotatable bonds is 3. The van der Waals surface area contributed by atoms with E-state index in [9.17, 15) is 4.79 Å². The second kappa shape index (κ2) is 5.63. The highest BCUT2D eigenvalue weighted by Gasteiger charge is 2.06. The van der Waals surface area contributed by atoms with Crippen molar-refractivity contribution in [3.63, 3.8) is 0 Å². The lowest BCUT2D eigenvalue weighted by Crippen LogP contribution is -2.15. The number of hydrogen-bond acceptors (Lipinski definition) is 2. The molecule has 1 heterocycles. The maximum atomic E-state index is 11.5. The van der Waals surface area contributed by atoms with Crippen LogP contribution >= 0.6 is 27.3 Å². The fraction of sp³-hybridized carbons (Fsp3) is 0.231. The molecule has 0 atom stereocenters. The van der Waals surface area contributed by atoms with Gasteiger partial charge in [-0.25, -0.2) is 0 Å². The van der Waals surface area contributed by atoms with Crippen molar-refractivity contribution in [2.24, 2.45) is 4.99 Å². The molecule has 0 spiro atoms. The Morgan fingerprint density at radius 2 is 2.39 bits per heavy atom. The second-order valence-electron chi connectivity index (χ2n) is 3.76. The quantitative estimate of drug-likeness (QED) is 0.796. The summed E-state index contributed by atoms with van der Waals surface area (Å²) in [4.78, 5) is 16.3. The van der Waals surface area contributed by atoms with Crippen molar-refractivity contribution in [2.75, 3.05) is 0 Å². The number of fused-ring (bicyclic) bond motifs is 1. The van der Waals surface area contributed by atoms with E-state index in [0.29, 0.717) is 13.0 Å². The van der Waals surface area contributed by atoms with Crippen LogP contribution in [0.2, 0.25) is 0 Å². The summed E-state index contributed by atoms with van der Waals surface area (Å²) < 4.78 is 4.14. The third-order valence-electron chi connectivity index (χ3n) is 2.48. The highest BCUT2D eigenvalue weighted by Crippen LogP contribution is 2.22. The van der Waals surface area contributed by atoms with E-state index >= 15 is 0 Å². The Balaban J connectivity index is 2.71. The number of aromatic nitrogens is 1. The molecule has 1 amide bonds. The number of benzene rings is 1.